The molecule has 1 heterocycles. The van der Waals surface area contributed by atoms with Crippen molar-refractivity contribution in [2.24, 2.45) is 0 Å². The average Bonchev–Trinajstić information content (AvgIpc) is 2.34. The van der Waals surface area contributed by atoms with Gasteiger partial charge in [-0.15, -0.1) is 0 Å². The molecule has 0 amide bonds. The highest BCUT2D eigenvalue weighted by Crippen LogP contribution is 2.20. The number of halogens is 1. The number of likely N-dealkylation sites (N-methyl/N-ethyl adjacent to an activating group) is 1. The molecular weight excluding hydrogens is 258 g/mol. The number of rotatable bonds is 7. The van der Waals surface area contributed by atoms with Gasteiger partial charge in [0.1, 0.15) is 11.0 Å². The topological polar surface area (TPSA) is 38.2 Å². The second-order valence-electron chi connectivity index (χ2n) is 3.31. The summed E-state index contributed by atoms with van der Waals surface area (Å²) in [6.45, 7) is 7.18. The first-order valence-electron chi connectivity index (χ1n) is 5.62. The van der Waals surface area contributed by atoms with Gasteiger partial charge in [0.15, 0.2) is 5.16 Å². The van der Waals surface area contributed by atoms with Gasteiger partial charge in [-0.25, -0.2) is 9.97 Å². The maximum Gasteiger partial charge on any atom is 0.190 e. The zero-order chi connectivity index (χ0) is 12.7. The van der Waals surface area contributed by atoms with Gasteiger partial charge in [0.25, 0.3) is 0 Å². The average molecular weight is 276 g/mol. The Kier molecular flexibility index (Phi) is 6.62. The molecule has 6 heteroatoms. The van der Waals surface area contributed by atoms with Crippen LogP contribution >= 0.6 is 23.4 Å². The van der Waals surface area contributed by atoms with Crippen LogP contribution < -0.4 is 4.90 Å². The molecule has 0 spiro atoms. The van der Waals surface area contributed by atoms with E-state index in [1.54, 1.807) is 6.07 Å². The molecule has 4 nitrogen and oxygen atoms in total. The maximum absolute atomic E-state index is 5.97. The van der Waals surface area contributed by atoms with Gasteiger partial charge in [-0.2, -0.15) is 0 Å². The monoisotopic (exact) mass is 275 g/mol. The number of aromatic nitrogens is 2. The molecule has 0 N–H and O–H groups in total. The maximum atomic E-state index is 5.97. The second kappa shape index (κ2) is 7.74. The van der Waals surface area contributed by atoms with Crippen molar-refractivity contribution in [2.75, 3.05) is 37.5 Å². The van der Waals surface area contributed by atoms with E-state index in [4.69, 9.17) is 16.3 Å². The lowest BCUT2D eigenvalue weighted by molar-refractivity contribution is 0.154. The van der Waals surface area contributed by atoms with E-state index >= 15 is 0 Å². The lowest BCUT2D eigenvalue weighted by Gasteiger charge is -2.22. The first-order valence-corrected chi connectivity index (χ1v) is 7.22. The number of ether oxygens (including phenoxy) is 1. The van der Waals surface area contributed by atoms with Crippen LogP contribution in [-0.4, -0.2) is 42.5 Å². The third-order valence-corrected chi connectivity index (χ3v) is 3.00. The minimum Gasteiger partial charge on any atom is -0.380 e. The van der Waals surface area contributed by atoms with Crippen molar-refractivity contribution in [3.05, 3.63) is 11.2 Å². The Hall–Kier alpha value is -0.520. The number of thioether (sulfide) groups is 1. The summed E-state index contributed by atoms with van der Waals surface area (Å²) >= 11 is 7.46. The molecule has 0 radical (unpaired) electrons. The van der Waals surface area contributed by atoms with Crippen molar-refractivity contribution in [3.63, 3.8) is 0 Å². The zero-order valence-electron chi connectivity index (χ0n) is 10.4. The van der Waals surface area contributed by atoms with Gasteiger partial charge in [-0.1, -0.05) is 23.4 Å². The summed E-state index contributed by atoms with van der Waals surface area (Å²) in [6, 6.07) is 1.79. The van der Waals surface area contributed by atoms with E-state index in [-0.39, 0.29) is 0 Å². The smallest absolute Gasteiger partial charge is 0.190 e. The van der Waals surface area contributed by atoms with Gasteiger partial charge in [0, 0.05) is 25.8 Å². The Bertz CT molecular complexity index is 351. The Balaban J connectivity index is 2.76. The SMILES string of the molecule is CCOCCN(CC)c1cc(Cl)nc(SC)n1. The zero-order valence-corrected chi connectivity index (χ0v) is 12.0. The summed E-state index contributed by atoms with van der Waals surface area (Å²) in [4.78, 5) is 10.7. The normalized spacial score (nSPS) is 10.6. The van der Waals surface area contributed by atoms with Crippen LogP contribution in [0.15, 0.2) is 11.2 Å². The molecule has 1 aromatic rings. The van der Waals surface area contributed by atoms with E-state index in [9.17, 15) is 0 Å². The first kappa shape index (κ1) is 14.5. The van der Waals surface area contributed by atoms with E-state index < -0.39 is 0 Å². The third kappa shape index (κ3) is 4.69. The van der Waals surface area contributed by atoms with Gasteiger partial charge < -0.3 is 9.64 Å². The first-order chi connectivity index (χ1) is 8.21. The molecule has 0 aliphatic carbocycles. The lowest BCUT2D eigenvalue weighted by Crippen LogP contribution is -2.28. The second-order valence-corrected chi connectivity index (χ2v) is 4.47. The summed E-state index contributed by atoms with van der Waals surface area (Å²) in [5.74, 6) is 0.858. The molecule has 0 saturated carbocycles. The molecule has 0 aliphatic heterocycles. The van der Waals surface area contributed by atoms with E-state index in [1.807, 2.05) is 13.2 Å². The van der Waals surface area contributed by atoms with Crippen LogP contribution in [0.1, 0.15) is 13.8 Å². The number of nitrogens with zero attached hydrogens (tertiary/aromatic N) is 3. The third-order valence-electron chi connectivity index (χ3n) is 2.26. The minimum atomic E-state index is 0.481. The molecule has 0 saturated heterocycles. The molecule has 0 unspecified atom stereocenters. The molecule has 0 aliphatic rings. The van der Waals surface area contributed by atoms with Crippen LogP contribution in [-0.2, 0) is 4.74 Å². The summed E-state index contributed by atoms with van der Waals surface area (Å²) < 4.78 is 5.35. The minimum absolute atomic E-state index is 0.481. The fourth-order valence-electron chi connectivity index (χ4n) is 1.39. The Morgan fingerprint density at radius 1 is 1.41 bits per heavy atom. The predicted octanol–water partition coefficient (Wildman–Crippen LogP) is 2.71. The van der Waals surface area contributed by atoms with Crippen LogP contribution in [0.2, 0.25) is 5.15 Å². The number of hydrogen-bond donors (Lipinski definition) is 0. The van der Waals surface area contributed by atoms with E-state index in [1.165, 1.54) is 11.8 Å². The van der Waals surface area contributed by atoms with E-state index in [0.29, 0.717) is 16.9 Å². The van der Waals surface area contributed by atoms with Gasteiger partial charge >= 0.3 is 0 Å². The summed E-state index contributed by atoms with van der Waals surface area (Å²) in [5, 5.41) is 1.18. The molecular formula is C11H18ClN3OS. The molecule has 1 aromatic heterocycles. The molecule has 0 fully saturated rings. The Morgan fingerprint density at radius 2 is 2.18 bits per heavy atom. The van der Waals surface area contributed by atoms with Crippen molar-refractivity contribution in [1.29, 1.82) is 0 Å². The molecule has 0 aromatic carbocycles. The van der Waals surface area contributed by atoms with Crippen molar-refractivity contribution in [3.8, 4) is 0 Å². The summed E-state index contributed by atoms with van der Waals surface area (Å²) in [5.41, 5.74) is 0. The lowest BCUT2D eigenvalue weighted by atomic mass is 10.4. The Morgan fingerprint density at radius 3 is 2.76 bits per heavy atom. The van der Waals surface area contributed by atoms with Gasteiger partial charge in [0.2, 0.25) is 0 Å². The van der Waals surface area contributed by atoms with Crippen molar-refractivity contribution in [1.82, 2.24) is 9.97 Å². The van der Waals surface area contributed by atoms with Crippen LogP contribution in [0.3, 0.4) is 0 Å². The Labute approximate surface area is 112 Å². The van der Waals surface area contributed by atoms with Gasteiger partial charge in [0.05, 0.1) is 6.61 Å². The van der Waals surface area contributed by atoms with Crippen LogP contribution in [0.4, 0.5) is 5.82 Å². The highest BCUT2D eigenvalue weighted by Gasteiger charge is 2.09. The fraction of sp³-hybridized carbons (Fsp3) is 0.636. The fourth-order valence-corrected chi connectivity index (χ4v) is 1.99. The van der Waals surface area contributed by atoms with Gasteiger partial charge in [-0.3, -0.25) is 0 Å². The van der Waals surface area contributed by atoms with E-state index in [0.717, 1.165) is 25.5 Å². The van der Waals surface area contributed by atoms with Crippen LogP contribution in [0.25, 0.3) is 0 Å². The molecule has 0 atom stereocenters. The molecule has 96 valence electrons. The molecule has 17 heavy (non-hydrogen) atoms. The van der Waals surface area contributed by atoms with Crippen LogP contribution in [0.5, 0.6) is 0 Å². The highest BCUT2D eigenvalue weighted by molar-refractivity contribution is 7.98. The van der Waals surface area contributed by atoms with Crippen molar-refractivity contribution in [2.45, 2.75) is 19.0 Å². The number of anilines is 1. The summed E-state index contributed by atoms with van der Waals surface area (Å²) in [6.07, 6.45) is 1.94. The molecule has 1 rings (SSSR count). The van der Waals surface area contributed by atoms with Crippen molar-refractivity contribution < 1.29 is 4.74 Å². The highest BCUT2D eigenvalue weighted by atomic mass is 35.5. The summed E-state index contributed by atoms with van der Waals surface area (Å²) in [7, 11) is 0. The van der Waals surface area contributed by atoms with Gasteiger partial charge in [-0.05, 0) is 20.1 Å². The van der Waals surface area contributed by atoms with E-state index in [2.05, 4.69) is 21.8 Å². The van der Waals surface area contributed by atoms with Crippen molar-refractivity contribution >= 4 is 29.2 Å². The number of hydrogen-bond acceptors (Lipinski definition) is 5. The predicted molar refractivity (Wildman–Crippen MR) is 73.2 cm³/mol. The molecule has 0 bridgehead atoms. The van der Waals surface area contributed by atoms with Crippen LogP contribution in [0, 0.1) is 0 Å². The standard InChI is InChI=1S/C11H18ClN3OS/c1-4-15(6-7-16-5-2)10-8-9(12)13-11(14-10)17-3/h8H,4-7H2,1-3H3. The largest absolute Gasteiger partial charge is 0.380 e. The quantitative estimate of drug-likeness (QED) is 0.331.